The van der Waals surface area contributed by atoms with E-state index in [0.717, 1.165) is 0 Å². The molecule has 0 amide bonds. The number of aliphatic carboxylic acids is 2. The van der Waals surface area contributed by atoms with Crippen molar-refractivity contribution in [2.24, 2.45) is 21.7 Å². The minimum absolute atomic E-state index is 0. The Hall–Kier alpha value is -3.30. The predicted octanol–water partition coefficient (Wildman–Crippen LogP) is -12.5. The number of nitro groups is 2. The molecule has 0 saturated heterocycles. The summed E-state index contributed by atoms with van der Waals surface area (Å²) in [5.41, 5.74) is 17.0. The van der Waals surface area contributed by atoms with Crippen molar-refractivity contribution < 1.29 is 77.1 Å². The Morgan fingerprint density at radius 1 is 0.824 bits per heavy atom. The monoisotopic (exact) mass is 546 g/mol. The first-order chi connectivity index (χ1) is 13.9. The smallest absolute Gasteiger partial charge is 0.362 e. The lowest BCUT2D eigenvalue weighted by atomic mass is 10.2. The number of rotatable bonds is 12. The van der Waals surface area contributed by atoms with Crippen LogP contribution in [0.2, 0.25) is 0 Å². The van der Waals surface area contributed by atoms with Crippen LogP contribution in [0.1, 0.15) is 25.7 Å². The summed E-state index contributed by atoms with van der Waals surface area (Å²) in [5.74, 6) is -2.53. The first kappa shape index (κ1) is 44.4. The molecule has 0 aromatic heterocycles. The first-order valence-corrected chi connectivity index (χ1v) is 8.43. The number of halogens is 2. The summed E-state index contributed by atoms with van der Waals surface area (Å²) in [4.78, 5) is 40.4. The molecule has 0 unspecified atom stereocenters. The fourth-order valence-corrected chi connectivity index (χ4v) is 1.62. The van der Waals surface area contributed by atoms with Crippen molar-refractivity contribution in [3.63, 3.8) is 0 Å². The van der Waals surface area contributed by atoms with Gasteiger partial charge in [0, 0.05) is 25.9 Å². The van der Waals surface area contributed by atoms with Crippen molar-refractivity contribution in [2.45, 2.75) is 37.8 Å². The number of guanidine groups is 2. The first-order valence-electron chi connectivity index (χ1n) is 8.43. The van der Waals surface area contributed by atoms with Gasteiger partial charge < -0.3 is 79.5 Å². The summed E-state index contributed by atoms with van der Waals surface area (Å²) < 4.78 is 0. The van der Waals surface area contributed by atoms with E-state index in [1.165, 1.54) is 0 Å². The van der Waals surface area contributed by atoms with Gasteiger partial charge in [0.2, 0.25) is 0 Å². The third-order valence-electron chi connectivity index (χ3n) is 3.15. The van der Waals surface area contributed by atoms with Crippen LogP contribution in [0.25, 0.3) is 0 Å². The molecule has 20 nitrogen and oxygen atoms in total. The summed E-state index contributed by atoms with van der Waals surface area (Å²) in [6.45, 7) is 0.644. The highest BCUT2D eigenvalue weighted by molar-refractivity contribution is 5.77. The molecule has 34 heavy (non-hydrogen) atoms. The minimum Gasteiger partial charge on any atom is -1.00 e. The van der Waals surface area contributed by atoms with Crippen LogP contribution in [0.5, 0.6) is 0 Å². The molecule has 18 N–H and O–H groups in total. The molecule has 0 aliphatic heterocycles. The molecule has 22 heteroatoms. The number of nitrogens with two attached hydrogens (primary N) is 2. The maximum atomic E-state index is 10.4. The highest BCUT2D eigenvalue weighted by Crippen LogP contribution is 1.91. The zero-order valence-corrected chi connectivity index (χ0v) is 19.4. The van der Waals surface area contributed by atoms with Gasteiger partial charge in [0.15, 0.2) is 22.1 Å². The lowest BCUT2D eigenvalue weighted by Crippen LogP contribution is -3.00. The maximum Gasteiger partial charge on any atom is 0.362 e. The quantitative estimate of drug-likeness (QED) is 0.0371. The Kier molecular flexibility index (Phi) is 33.9. The van der Waals surface area contributed by atoms with Crippen LogP contribution in [0.4, 0.5) is 0 Å². The van der Waals surface area contributed by atoms with E-state index in [-0.39, 0.29) is 47.7 Å². The van der Waals surface area contributed by atoms with E-state index < -0.39 is 34.1 Å². The van der Waals surface area contributed by atoms with Crippen molar-refractivity contribution in [3.8, 4) is 0 Å². The Labute approximate surface area is 204 Å². The Balaban J connectivity index is -0.000000103. The third-order valence-corrected chi connectivity index (χ3v) is 3.15. The number of carbonyl (C=O) groups is 2. The van der Waals surface area contributed by atoms with Gasteiger partial charge >= 0.3 is 11.9 Å². The van der Waals surface area contributed by atoms with Crippen molar-refractivity contribution in [1.82, 2.24) is 10.6 Å². The van der Waals surface area contributed by atoms with E-state index in [4.69, 9.17) is 21.7 Å². The Bertz CT molecular complexity index is 601. The topological polar surface area (TPSA) is 380 Å². The third kappa shape index (κ3) is 30.9. The Morgan fingerprint density at radius 2 is 1.09 bits per heavy atom. The van der Waals surface area contributed by atoms with Crippen LogP contribution >= 0.6 is 0 Å². The van der Waals surface area contributed by atoms with Gasteiger partial charge in [0.05, 0.1) is 0 Å². The molecule has 0 fully saturated rings. The summed E-state index contributed by atoms with van der Waals surface area (Å²) in [7, 11) is 0. The van der Waals surface area contributed by atoms with E-state index in [2.05, 4.69) is 32.3 Å². The number of quaternary nitrogens is 2. The zero-order chi connectivity index (χ0) is 23.7. The van der Waals surface area contributed by atoms with Gasteiger partial charge in [-0.3, -0.25) is 0 Å². The van der Waals surface area contributed by atoms with E-state index in [1.807, 2.05) is 0 Å². The van der Waals surface area contributed by atoms with E-state index in [1.54, 1.807) is 0 Å². The molecule has 0 saturated carbocycles. The predicted molar refractivity (Wildman–Crippen MR) is 108 cm³/mol. The second kappa shape index (κ2) is 26.0. The van der Waals surface area contributed by atoms with E-state index >= 15 is 0 Å². The van der Waals surface area contributed by atoms with E-state index in [9.17, 15) is 29.8 Å². The van der Waals surface area contributed by atoms with Gasteiger partial charge in [-0.15, -0.1) is 0 Å². The zero-order valence-electron chi connectivity index (χ0n) is 17.9. The van der Waals surface area contributed by atoms with Crippen LogP contribution in [-0.4, -0.2) is 80.3 Å². The molecule has 0 aliphatic carbocycles. The van der Waals surface area contributed by atoms with Crippen molar-refractivity contribution in [2.75, 3.05) is 13.1 Å². The van der Waals surface area contributed by atoms with Gasteiger partial charge in [-0.2, -0.15) is 0 Å². The summed E-state index contributed by atoms with van der Waals surface area (Å²) in [6, 6.07) is -1.36. The standard InChI is InChI=1S/2C6H13N5O4.2ClH.2H2O/c2*7-4(5(12)13)2-1-3-9-6(8)10-11(14)15;;;;/h2*4H,1-3,7H2,(H,12,13)(H3,8,9,10);2*1H;2*1H2/t2*4-;;;;/m00..../s1. The summed E-state index contributed by atoms with van der Waals surface area (Å²) in [6.07, 6.45) is 1.73. The second-order valence-corrected chi connectivity index (χ2v) is 5.65. The van der Waals surface area contributed by atoms with Crippen molar-refractivity contribution >= 4 is 23.9 Å². The molecule has 0 rings (SSSR count). The molecule has 0 spiro atoms. The molecule has 204 valence electrons. The fraction of sp³-hybridized carbons (Fsp3) is 0.667. The van der Waals surface area contributed by atoms with Crippen molar-refractivity contribution in [3.05, 3.63) is 20.2 Å². The van der Waals surface area contributed by atoms with Crippen LogP contribution in [-0.2, 0) is 9.59 Å². The second-order valence-electron chi connectivity index (χ2n) is 5.65. The lowest BCUT2D eigenvalue weighted by Gasteiger charge is -2.04. The summed E-state index contributed by atoms with van der Waals surface area (Å²) in [5, 5.41) is 45.4. The maximum absolute atomic E-state index is 10.4. The molecule has 0 bridgehead atoms. The molecular formula is C12H32Cl2N10O10. The normalized spacial score (nSPS) is 11.7. The SMILES string of the molecule is N/C(=N/[N+](=O)[O-])NCCC[C@H]([NH3+])C(=O)O.N/C(=N/[N+](=O)[O-])NCCC[C@H]([NH3+])C(=O)O.O.O.[Cl-].[Cl-]. The van der Waals surface area contributed by atoms with Gasteiger partial charge in [-0.25, -0.2) is 29.8 Å². The largest absolute Gasteiger partial charge is 1.00 e. The van der Waals surface area contributed by atoms with Gasteiger partial charge in [0.25, 0.3) is 11.9 Å². The van der Waals surface area contributed by atoms with Crippen LogP contribution in [0.3, 0.4) is 0 Å². The number of carboxylic acid groups (broad SMARTS) is 2. The van der Waals surface area contributed by atoms with Crippen LogP contribution < -0.4 is 58.4 Å². The highest BCUT2D eigenvalue weighted by Gasteiger charge is 2.15. The number of hydrogen-bond acceptors (Lipinski definition) is 6. The molecule has 0 aromatic carbocycles. The number of nitrogens with zero attached hydrogens (tertiary/aromatic N) is 4. The van der Waals surface area contributed by atoms with Crippen LogP contribution in [0, 0.1) is 20.2 Å². The van der Waals surface area contributed by atoms with Crippen molar-refractivity contribution in [1.29, 1.82) is 0 Å². The van der Waals surface area contributed by atoms with Gasteiger partial charge in [-0.1, -0.05) is 0 Å². The number of nitrogens with one attached hydrogen (secondary N) is 2. The molecule has 0 heterocycles. The van der Waals surface area contributed by atoms with E-state index in [0.29, 0.717) is 38.8 Å². The molecule has 0 aromatic rings. The number of hydrogen-bond donors (Lipinski definition) is 8. The summed E-state index contributed by atoms with van der Waals surface area (Å²) >= 11 is 0. The lowest BCUT2D eigenvalue weighted by molar-refractivity contribution is -0.485. The number of carboxylic acids is 2. The fourth-order valence-electron chi connectivity index (χ4n) is 1.62. The minimum atomic E-state index is -0.970. The molecular weight excluding hydrogens is 515 g/mol. The molecule has 2 atom stereocenters. The average molecular weight is 547 g/mol. The average Bonchev–Trinajstić information content (AvgIpc) is 2.61. The van der Waals surface area contributed by atoms with Gasteiger partial charge in [0.1, 0.15) is 10.2 Å². The highest BCUT2D eigenvalue weighted by atomic mass is 35.5. The molecule has 0 aliphatic rings. The Morgan fingerprint density at radius 3 is 1.29 bits per heavy atom. The number of hydrazone groups is 2. The van der Waals surface area contributed by atoms with Crippen LogP contribution in [0.15, 0.2) is 10.2 Å². The molecule has 0 radical (unpaired) electrons. The van der Waals surface area contributed by atoms with Gasteiger partial charge in [-0.05, 0) is 12.8 Å².